The number of carbonyl (C=O) groups excluding carboxylic acids is 1. The number of ether oxygens (including phenoxy) is 1. The van der Waals surface area contributed by atoms with Crippen molar-refractivity contribution in [1.82, 2.24) is 0 Å². The zero-order valence-corrected chi connectivity index (χ0v) is 10.4. The van der Waals surface area contributed by atoms with Gasteiger partial charge in [-0.15, -0.1) is 0 Å². The summed E-state index contributed by atoms with van der Waals surface area (Å²) in [5, 5.41) is 2.82. The van der Waals surface area contributed by atoms with Gasteiger partial charge in [0.2, 0.25) is 5.91 Å². The van der Waals surface area contributed by atoms with Gasteiger partial charge < -0.3 is 15.8 Å². The number of nitrogens with one attached hydrogen (secondary N) is 1. The average molecular weight is 236 g/mol. The lowest BCUT2D eigenvalue weighted by molar-refractivity contribution is -0.119. The lowest BCUT2D eigenvalue weighted by atomic mass is 10.1. The van der Waals surface area contributed by atoms with E-state index in [1.54, 1.807) is 6.92 Å². The van der Waals surface area contributed by atoms with Crippen LogP contribution in [0.5, 0.6) is 0 Å². The lowest BCUT2D eigenvalue weighted by Gasteiger charge is -2.10. The normalized spacial score (nSPS) is 12.2. The summed E-state index contributed by atoms with van der Waals surface area (Å²) in [6.07, 6.45) is 0. The van der Waals surface area contributed by atoms with E-state index in [1.807, 2.05) is 31.2 Å². The van der Waals surface area contributed by atoms with E-state index in [9.17, 15) is 4.79 Å². The van der Waals surface area contributed by atoms with Crippen LogP contribution in [0.4, 0.5) is 5.69 Å². The quantitative estimate of drug-likeness (QED) is 0.791. The number of benzene rings is 1. The van der Waals surface area contributed by atoms with Gasteiger partial charge in [-0.25, -0.2) is 0 Å². The van der Waals surface area contributed by atoms with Gasteiger partial charge in [-0.05, 0) is 24.6 Å². The highest BCUT2D eigenvalue weighted by molar-refractivity contribution is 5.92. The predicted molar refractivity (Wildman–Crippen MR) is 68.6 cm³/mol. The minimum Gasteiger partial charge on any atom is -0.377 e. The molecular weight excluding hydrogens is 216 g/mol. The van der Waals surface area contributed by atoms with Crippen molar-refractivity contribution in [3.63, 3.8) is 0 Å². The molecule has 1 atom stereocenters. The Kier molecular flexibility index (Phi) is 5.66. The van der Waals surface area contributed by atoms with Crippen molar-refractivity contribution >= 4 is 11.6 Å². The highest BCUT2D eigenvalue weighted by atomic mass is 16.5. The number of anilines is 1. The molecule has 1 rings (SSSR count). The summed E-state index contributed by atoms with van der Waals surface area (Å²) >= 11 is 0. The molecule has 0 radical (unpaired) electrons. The maximum Gasteiger partial charge on any atom is 0.228 e. The SMILES string of the molecule is CCOCc1ccc(NC(=O)C(C)CN)cc1. The van der Waals surface area contributed by atoms with E-state index in [4.69, 9.17) is 10.5 Å². The predicted octanol–water partition coefficient (Wildman–Crippen LogP) is 1.76. The minimum atomic E-state index is -0.168. The minimum absolute atomic E-state index is 0.0509. The Bertz CT molecular complexity index is 349. The third kappa shape index (κ3) is 4.54. The van der Waals surface area contributed by atoms with Gasteiger partial charge in [0.15, 0.2) is 0 Å². The molecule has 4 nitrogen and oxygen atoms in total. The number of rotatable bonds is 6. The fourth-order valence-corrected chi connectivity index (χ4v) is 1.28. The van der Waals surface area contributed by atoms with E-state index in [0.717, 1.165) is 11.3 Å². The van der Waals surface area contributed by atoms with Gasteiger partial charge in [-0.3, -0.25) is 4.79 Å². The van der Waals surface area contributed by atoms with Crippen LogP contribution in [0.3, 0.4) is 0 Å². The van der Waals surface area contributed by atoms with Gasteiger partial charge in [0.25, 0.3) is 0 Å². The van der Waals surface area contributed by atoms with Gasteiger partial charge in [-0.2, -0.15) is 0 Å². The molecule has 0 spiro atoms. The monoisotopic (exact) mass is 236 g/mol. The number of amides is 1. The number of nitrogens with two attached hydrogens (primary N) is 1. The molecule has 0 aromatic heterocycles. The smallest absolute Gasteiger partial charge is 0.228 e. The summed E-state index contributed by atoms with van der Waals surface area (Å²) in [5.41, 5.74) is 7.31. The fraction of sp³-hybridized carbons (Fsp3) is 0.462. The van der Waals surface area contributed by atoms with Crippen LogP contribution in [0.25, 0.3) is 0 Å². The van der Waals surface area contributed by atoms with E-state index >= 15 is 0 Å². The van der Waals surface area contributed by atoms with E-state index in [1.165, 1.54) is 0 Å². The topological polar surface area (TPSA) is 64.3 Å². The van der Waals surface area contributed by atoms with Crippen molar-refractivity contribution < 1.29 is 9.53 Å². The Balaban J connectivity index is 2.53. The molecule has 0 heterocycles. The van der Waals surface area contributed by atoms with Crippen LogP contribution >= 0.6 is 0 Å². The van der Waals surface area contributed by atoms with Crippen molar-refractivity contribution in [2.75, 3.05) is 18.5 Å². The van der Waals surface area contributed by atoms with Crippen LogP contribution in [0, 0.1) is 5.92 Å². The second-order valence-corrected chi connectivity index (χ2v) is 3.96. The molecule has 1 aromatic rings. The van der Waals surface area contributed by atoms with Crippen molar-refractivity contribution in [1.29, 1.82) is 0 Å². The first-order chi connectivity index (χ1) is 8.17. The van der Waals surface area contributed by atoms with E-state index in [0.29, 0.717) is 19.8 Å². The van der Waals surface area contributed by atoms with Crippen LogP contribution in [0.2, 0.25) is 0 Å². The Hall–Kier alpha value is -1.39. The maximum absolute atomic E-state index is 11.6. The molecule has 1 unspecified atom stereocenters. The molecular formula is C13H20N2O2. The molecule has 0 bridgehead atoms. The van der Waals surface area contributed by atoms with Gasteiger partial charge in [0.1, 0.15) is 0 Å². The molecule has 0 aliphatic heterocycles. The fourth-order valence-electron chi connectivity index (χ4n) is 1.28. The lowest BCUT2D eigenvalue weighted by Crippen LogP contribution is -2.26. The zero-order valence-electron chi connectivity index (χ0n) is 10.4. The third-order valence-electron chi connectivity index (χ3n) is 2.50. The summed E-state index contributed by atoms with van der Waals surface area (Å²) in [6.45, 7) is 5.42. The summed E-state index contributed by atoms with van der Waals surface area (Å²) in [5.74, 6) is -0.219. The van der Waals surface area contributed by atoms with Crippen molar-refractivity contribution in [3.05, 3.63) is 29.8 Å². The molecule has 0 aliphatic rings. The molecule has 0 fully saturated rings. The summed E-state index contributed by atoms with van der Waals surface area (Å²) in [7, 11) is 0. The number of carbonyl (C=O) groups is 1. The van der Waals surface area contributed by atoms with Crippen LogP contribution in [0.15, 0.2) is 24.3 Å². The number of hydrogen-bond acceptors (Lipinski definition) is 3. The van der Waals surface area contributed by atoms with Crippen LogP contribution < -0.4 is 11.1 Å². The Morgan fingerprint density at radius 3 is 2.59 bits per heavy atom. The molecule has 0 aliphatic carbocycles. The van der Waals surface area contributed by atoms with Gasteiger partial charge in [0, 0.05) is 24.8 Å². The molecule has 1 aromatic carbocycles. The van der Waals surface area contributed by atoms with Gasteiger partial charge in [-0.1, -0.05) is 19.1 Å². The molecule has 3 N–H and O–H groups in total. The Morgan fingerprint density at radius 2 is 2.06 bits per heavy atom. The third-order valence-corrected chi connectivity index (χ3v) is 2.50. The molecule has 17 heavy (non-hydrogen) atoms. The standard InChI is InChI=1S/C13H20N2O2/c1-3-17-9-11-4-6-12(7-5-11)15-13(16)10(2)8-14/h4-7,10H,3,8-9,14H2,1-2H3,(H,15,16). The van der Waals surface area contributed by atoms with E-state index < -0.39 is 0 Å². The Morgan fingerprint density at radius 1 is 1.41 bits per heavy atom. The highest BCUT2D eigenvalue weighted by Gasteiger charge is 2.10. The van der Waals surface area contributed by atoms with Crippen molar-refractivity contribution in [2.24, 2.45) is 11.7 Å². The summed E-state index contributed by atoms with van der Waals surface area (Å²) < 4.78 is 5.29. The summed E-state index contributed by atoms with van der Waals surface area (Å²) in [4.78, 5) is 11.6. The first-order valence-electron chi connectivity index (χ1n) is 5.85. The van der Waals surface area contributed by atoms with Gasteiger partial charge >= 0.3 is 0 Å². The highest BCUT2D eigenvalue weighted by Crippen LogP contribution is 2.11. The molecule has 4 heteroatoms. The van der Waals surface area contributed by atoms with Crippen molar-refractivity contribution in [2.45, 2.75) is 20.5 Å². The average Bonchev–Trinajstić information content (AvgIpc) is 2.37. The molecule has 1 amide bonds. The Labute approximate surface area is 102 Å². The molecule has 0 saturated heterocycles. The first kappa shape index (κ1) is 13.7. The second kappa shape index (κ2) is 7.04. The van der Waals surface area contributed by atoms with E-state index in [2.05, 4.69) is 5.32 Å². The summed E-state index contributed by atoms with van der Waals surface area (Å²) in [6, 6.07) is 7.63. The molecule has 94 valence electrons. The first-order valence-corrected chi connectivity index (χ1v) is 5.85. The van der Waals surface area contributed by atoms with Crippen molar-refractivity contribution in [3.8, 4) is 0 Å². The second-order valence-electron chi connectivity index (χ2n) is 3.96. The van der Waals surface area contributed by atoms with Crippen LogP contribution in [-0.4, -0.2) is 19.1 Å². The largest absolute Gasteiger partial charge is 0.377 e. The van der Waals surface area contributed by atoms with Gasteiger partial charge in [0.05, 0.1) is 6.61 Å². The zero-order chi connectivity index (χ0) is 12.7. The maximum atomic E-state index is 11.6. The van der Waals surface area contributed by atoms with E-state index in [-0.39, 0.29) is 11.8 Å². The van der Waals surface area contributed by atoms with Crippen LogP contribution in [-0.2, 0) is 16.1 Å². The number of hydrogen-bond donors (Lipinski definition) is 2. The van der Waals surface area contributed by atoms with Crippen LogP contribution in [0.1, 0.15) is 19.4 Å². The molecule has 0 saturated carbocycles.